The summed E-state index contributed by atoms with van der Waals surface area (Å²) >= 11 is 0. The van der Waals surface area contributed by atoms with E-state index in [2.05, 4.69) is 29.6 Å². The minimum Gasteiger partial charge on any atom is -0.480 e. The molecule has 1 aliphatic heterocycles. The summed E-state index contributed by atoms with van der Waals surface area (Å²) in [5.41, 5.74) is 4.65. The number of carbonyl (C=O) groups excluding carboxylic acids is 2. The van der Waals surface area contributed by atoms with Crippen LogP contribution in [-0.2, 0) is 14.3 Å². The zero-order valence-corrected chi connectivity index (χ0v) is 20.3. The fourth-order valence-corrected chi connectivity index (χ4v) is 5.00. The van der Waals surface area contributed by atoms with E-state index in [1.807, 2.05) is 43.0 Å². The van der Waals surface area contributed by atoms with Gasteiger partial charge in [-0.05, 0) is 28.2 Å². The third-order valence-electron chi connectivity index (χ3n) is 6.97. The number of alkyl carbamates (subject to hydrolysis) is 1. The summed E-state index contributed by atoms with van der Waals surface area (Å²) in [6, 6.07) is 16.4. The second kappa shape index (κ2) is 10.9. The molecule has 2 aromatic carbocycles. The van der Waals surface area contributed by atoms with Gasteiger partial charge in [0.15, 0.2) is 0 Å². The fraction of sp³-hybridized carbons (Fsp3) is 0.444. The van der Waals surface area contributed by atoms with Gasteiger partial charge in [0.2, 0.25) is 5.91 Å². The highest BCUT2D eigenvalue weighted by molar-refractivity contribution is 5.81. The van der Waals surface area contributed by atoms with Gasteiger partial charge >= 0.3 is 12.1 Å². The van der Waals surface area contributed by atoms with Gasteiger partial charge in [-0.1, -0.05) is 62.4 Å². The van der Waals surface area contributed by atoms with E-state index in [4.69, 9.17) is 9.84 Å². The number of aliphatic carboxylic acids is 1. The molecule has 0 bridgehead atoms. The molecule has 0 aromatic heterocycles. The number of nitrogens with one attached hydrogen (secondary N) is 1. The zero-order valence-electron chi connectivity index (χ0n) is 20.3. The average Bonchev–Trinajstić information content (AvgIpc) is 3.16. The molecule has 1 unspecified atom stereocenters. The van der Waals surface area contributed by atoms with Gasteiger partial charge in [-0.15, -0.1) is 0 Å². The Kier molecular flexibility index (Phi) is 7.70. The van der Waals surface area contributed by atoms with Crippen LogP contribution < -0.4 is 5.32 Å². The van der Waals surface area contributed by atoms with Crippen molar-refractivity contribution >= 4 is 18.0 Å². The van der Waals surface area contributed by atoms with Crippen molar-refractivity contribution in [3.05, 3.63) is 59.7 Å². The number of carboxylic acid groups (broad SMARTS) is 1. The summed E-state index contributed by atoms with van der Waals surface area (Å²) in [4.78, 5) is 40.2. The van der Waals surface area contributed by atoms with Crippen LogP contribution in [0.25, 0.3) is 11.1 Å². The number of ether oxygens (including phenoxy) is 1. The van der Waals surface area contributed by atoms with Crippen molar-refractivity contribution in [3.63, 3.8) is 0 Å². The molecule has 4 rings (SSSR count). The Balaban J connectivity index is 1.30. The van der Waals surface area contributed by atoms with E-state index in [1.54, 1.807) is 4.90 Å². The van der Waals surface area contributed by atoms with Crippen LogP contribution in [0.3, 0.4) is 0 Å². The predicted octanol–water partition coefficient (Wildman–Crippen LogP) is 3.03. The lowest BCUT2D eigenvalue weighted by atomic mass is 9.94. The molecule has 0 saturated carbocycles. The Morgan fingerprint density at radius 1 is 0.971 bits per heavy atom. The van der Waals surface area contributed by atoms with E-state index in [0.29, 0.717) is 26.2 Å². The summed E-state index contributed by atoms with van der Waals surface area (Å²) in [5.74, 6) is -1.24. The van der Waals surface area contributed by atoms with E-state index in [-0.39, 0.29) is 43.4 Å². The lowest BCUT2D eigenvalue weighted by Crippen LogP contribution is -2.53. The topological polar surface area (TPSA) is 99.2 Å². The van der Waals surface area contributed by atoms with Gasteiger partial charge in [-0.25, -0.2) is 4.79 Å². The Bertz CT molecular complexity index is 1030. The highest BCUT2D eigenvalue weighted by Gasteiger charge is 2.31. The van der Waals surface area contributed by atoms with Crippen molar-refractivity contribution in [1.29, 1.82) is 0 Å². The Hall–Kier alpha value is -3.39. The molecule has 8 nitrogen and oxygen atoms in total. The number of rotatable bonds is 8. The number of carboxylic acids is 1. The largest absolute Gasteiger partial charge is 0.480 e. The molecule has 35 heavy (non-hydrogen) atoms. The van der Waals surface area contributed by atoms with Crippen molar-refractivity contribution in [2.24, 2.45) is 11.8 Å². The number of hydrogen-bond acceptors (Lipinski definition) is 5. The van der Waals surface area contributed by atoms with Crippen LogP contribution >= 0.6 is 0 Å². The predicted molar refractivity (Wildman–Crippen MR) is 132 cm³/mol. The third kappa shape index (κ3) is 5.65. The molecule has 2 aromatic rings. The Morgan fingerprint density at radius 3 is 2.09 bits per heavy atom. The summed E-state index contributed by atoms with van der Waals surface area (Å²) in [6.45, 7) is 6.37. The monoisotopic (exact) mass is 479 g/mol. The second-order valence-corrected chi connectivity index (χ2v) is 9.55. The average molecular weight is 480 g/mol. The van der Waals surface area contributed by atoms with Crippen LogP contribution in [0.4, 0.5) is 4.79 Å². The number of nitrogens with zero attached hydrogens (tertiary/aromatic N) is 2. The number of benzene rings is 2. The number of hydrogen-bond donors (Lipinski definition) is 2. The minimum atomic E-state index is -0.864. The van der Waals surface area contributed by atoms with Crippen LogP contribution in [0.15, 0.2) is 48.5 Å². The molecule has 186 valence electrons. The molecule has 2 N–H and O–H groups in total. The first-order valence-electron chi connectivity index (χ1n) is 12.2. The van der Waals surface area contributed by atoms with Crippen LogP contribution in [0.2, 0.25) is 0 Å². The summed E-state index contributed by atoms with van der Waals surface area (Å²) in [7, 11) is 0. The normalized spacial score (nSPS) is 16.5. The summed E-state index contributed by atoms with van der Waals surface area (Å²) in [6.07, 6.45) is -0.531. The lowest BCUT2D eigenvalue weighted by Gasteiger charge is -2.36. The molecule has 1 fully saturated rings. The molecule has 1 heterocycles. The quantitative estimate of drug-likeness (QED) is 0.604. The van der Waals surface area contributed by atoms with Crippen molar-refractivity contribution in [3.8, 4) is 11.1 Å². The number of piperazine rings is 1. The zero-order chi connectivity index (χ0) is 24.9. The van der Waals surface area contributed by atoms with Gasteiger partial charge in [0.25, 0.3) is 0 Å². The first-order valence-corrected chi connectivity index (χ1v) is 12.2. The fourth-order valence-electron chi connectivity index (χ4n) is 5.00. The maximum Gasteiger partial charge on any atom is 0.407 e. The van der Waals surface area contributed by atoms with E-state index in [1.165, 1.54) is 11.1 Å². The van der Waals surface area contributed by atoms with Gasteiger partial charge in [-0.2, -0.15) is 0 Å². The summed E-state index contributed by atoms with van der Waals surface area (Å²) < 4.78 is 5.61. The molecule has 1 saturated heterocycles. The first-order chi connectivity index (χ1) is 16.8. The van der Waals surface area contributed by atoms with E-state index < -0.39 is 12.1 Å². The molecule has 2 amide bonds. The molecular weight excluding hydrogens is 446 g/mol. The van der Waals surface area contributed by atoms with Gasteiger partial charge in [0, 0.05) is 38.6 Å². The molecule has 1 atom stereocenters. The number of amides is 2. The van der Waals surface area contributed by atoms with Gasteiger partial charge < -0.3 is 20.1 Å². The first kappa shape index (κ1) is 24.7. The van der Waals surface area contributed by atoms with Gasteiger partial charge in [-0.3, -0.25) is 14.5 Å². The number of fused-ring (bicyclic) bond motifs is 3. The Morgan fingerprint density at radius 2 is 1.54 bits per heavy atom. The molecule has 0 radical (unpaired) electrons. The van der Waals surface area contributed by atoms with E-state index in [0.717, 1.165) is 11.1 Å². The summed E-state index contributed by atoms with van der Waals surface area (Å²) in [5, 5.41) is 11.8. The minimum absolute atomic E-state index is 0.0149. The molecule has 1 aliphatic carbocycles. The number of carbonyl (C=O) groups is 3. The van der Waals surface area contributed by atoms with Gasteiger partial charge in [0.1, 0.15) is 6.61 Å². The SMILES string of the molecule is CC(C)C(CNC(=O)OCC1c2ccccc2-c2ccccc21)C(=O)N1CCN(CC(=O)O)CC1. The van der Waals surface area contributed by atoms with Crippen LogP contribution in [0.1, 0.15) is 30.9 Å². The van der Waals surface area contributed by atoms with Crippen molar-refractivity contribution in [2.45, 2.75) is 19.8 Å². The molecule has 0 spiro atoms. The van der Waals surface area contributed by atoms with Crippen LogP contribution in [0.5, 0.6) is 0 Å². The maximum atomic E-state index is 13.1. The molecule has 2 aliphatic rings. The second-order valence-electron chi connectivity index (χ2n) is 9.55. The lowest BCUT2D eigenvalue weighted by molar-refractivity contribution is -0.141. The third-order valence-corrected chi connectivity index (χ3v) is 6.97. The van der Waals surface area contributed by atoms with Crippen molar-refractivity contribution in [1.82, 2.24) is 15.1 Å². The molecular formula is C27H33N3O5. The Labute approximate surface area is 205 Å². The highest BCUT2D eigenvalue weighted by atomic mass is 16.5. The van der Waals surface area contributed by atoms with Crippen molar-refractivity contribution in [2.75, 3.05) is 45.9 Å². The smallest absolute Gasteiger partial charge is 0.407 e. The van der Waals surface area contributed by atoms with Crippen LogP contribution in [-0.4, -0.2) is 78.8 Å². The highest BCUT2D eigenvalue weighted by Crippen LogP contribution is 2.44. The van der Waals surface area contributed by atoms with Crippen LogP contribution in [0, 0.1) is 11.8 Å². The van der Waals surface area contributed by atoms with E-state index in [9.17, 15) is 14.4 Å². The molecule has 8 heteroatoms. The maximum absolute atomic E-state index is 13.1. The standard InChI is InChI=1S/C27H33N3O5/c1-18(2)23(26(33)30-13-11-29(12-14-30)16-25(31)32)15-28-27(34)35-17-24-21-9-5-3-7-19(21)20-8-4-6-10-22(20)24/h3-10,18,23-24H,11-17H2,1-2H3,(H,28,34)(H,31,32). The van der Waals surface area contributed by atoms with Crippen molar-refractivity contribution < 1.29 is 24.2 Å². The van der Waals surface area contributed by atoms with Gasteiger partial charge in [0.05, 0.1) is 12.5 Å². The van der Waals surface area contributed by atoms with E-state index >= 15 is 0 Å².